The van der Waals surface area contributed by atoms with Gasteiger partial charge in [-0.1, -0.05) is 23.9 Å². The van der Waals surface area contributed by atoms with Crippen LogP contribution in [0, 0.1) is 17.0 Å². The summed E-state index contributed by atoms with van der Waals surface area (Å²) in [5.74, 6) is 0. The third-order valence-corrected chi connectivity index (χ3v) is 3.48. The Bertz CT molecular complexity index is 712. The maximum absolute atomic E-state index is 12.0. The molecule has 0 saturated carbocycles. The first-order valence-electron chi connectivity index (χ1n) is 5.88. The van der Waals surface area contributed by atoms with Crippen LogP contribution in [0.25, 0.3) is 0 Å². The van der Waals surface area contributed by atoms with Crippen molar-refractivity contribution in [3.63, 3.8) is 0 Å². The number of H-pyrrole nitrogens is 1. The minimum absolute atomic E-state index is 0.0188. The summed E-state index contributed by atoms with van der Waals surface area (Å²) in [6.07, 6.45) is 2.16. The lowest BCUT2D eigenvalue weighted by Crippen LogP contribution is -2.17. The van der Waals surface area contributed by atoms with Gasteiger partial charge in [0.2, 0.25) is 0 Å². The highest BCUT2D eigenvalue weighted by atomic mass is 32.2. The molecule has 1 heterocycles. The van der Waals surface area contributed by atoms with Gasteiger partial charge in [0.15, 0.2) is 5.16 Å². The molecule has 2 aromatic rings. The van der Waals surface area contributed by atoms with E-state index < -0.39 is 4.92 Å². The highest BCUT2D eigenvalue weighted by Gasteiger charge is 2.11. The molecule has 104 valence electrons. The van der Waals surface area contributed by atoms with Crippen molar-refractivity contribution in [2.24, 2.45) is 0 Å². The fourth-order valence-corrected chi connectivity index (χ4v) is 2.30. The van der Waals surface area contributed by atoms with Crippen molar-refractivity contribution in [2.75, 3.05) is 6.26 Å². The van der Waals surface area contributed by atoms with Crippen molar-refractivity contribution in [2.45, 2.75) is 18.5 Å². The minimum Gasteiger partial charge on any atom is -0.301 e. The fraction of sp³-hybridized carbons (Fsp3) is 0.231. The highest BCUT2D eigenvalue weighted by Crippen LogP contribution is 2.17. The molecule has 0 aliphatic heterocycles. The number of hydrogen-bond acceptors (Lipinski definition) is 5. The number of aryl methyl sites for hydroxylation is 1. The van der Waals surface area contributed by atoms with Crippen LogP contribution < -0.4 is 5.56 Å². The lowest BCUT2D eigenvalue weighted by atomic mass is 10.0. The van der Waals surface area contributed by atoms with Crippen LogP contribution in [-0.2, 0) is 6.42 Å². The zero-order valence-corrected chi connectivity index (χ0v) is 11.9. The second-order valence-electron chi connectivity index (χ2n) is 4.24. The first kappa shape index (κ1) is 14.3. The molecule has 0 aliphatic carbocycles. The number of hydrogen-bond donors (Lipinski definition) is 1. The number of aromatic nitrogens is 2. The smallest absolute Gasteiger partial charge is 0.269 e. The molecule has 20 heavy (non-hydrogen) atoms. The zero-order valence-electron chi connectivity index (χ0n) is 11.0. The van der Waals surface area contributed by atoms with Gasteiger partial charge in [-0.15, -0.1) is 0 Å². The van der Waals surface area contributed by atoms with Gasteiger partial charge in [0.05, 0.1) is 4.92 Å². The van der Waals surface area contributed by atoms with E-state index in [0.29, 0.717) is 28.4 Å². The molecule has 1 aromatic heterocycles. The van der Waals surface area contributed by atoms with Crippen LogP contribution >= 0.6 is 11.8 Å². The summed E-state index contributed by atoms with van der Waals surface area (Å²) < 4.78 is 0. The number of nitro groups is 1. The Morgan fingerprint density at radius 1 is 1.45 bits per heavy atom. The number of thioether (sulfide) groups is 1. The average Bonchev–Trinajstić information content (AvgIpc) is 2.42. The lowest BCUT2D eigenvalue weighted by molar-refractivity contribution is -0.384. The monoisotopic (exact) mass is 291 g/mol. The second-order valence-corrected chi connectivity index (χ2v) is 5.04. The van der Waals surface area contributed by atoms with Crippen LogP contribution in [-0.4, -0.2) is 21.1 Å². The molecule has 1 aromatic carbocycles. The molecule has 1 N–H and O–H groups in total. The Morgan fingerprint density at radius 3 is 2.80 bits per heavy atom. The van der Waals surface area contributed by atoms with Crippen molar-refractivity contribution >= 4 is 17.4 Å². The molecular weight excluding hydrogens is 278 g/mol. The molecule has 0 saturated heterocycles. The summed E-state index contributed by atoms with van der Waals surface area (Å²) in [6, 6.07) is 6.27. The van der Waals surface area contributed by atoms with Crippen molar-refractivity contribution in [1.82, 2.24) is 9.97 Å². The van der Waals surface area contributed by atoms with Gasteiger partial charge >= 0.3 is 0 Å². The number of non-ortho nitro benzene ring substituents is 1. The van der Waals surface area contributed by atoms with Gasteiger partial charge in [-0.2, -0.15) is 0 Å². The lowest BCUT2D eigenvalue weighted by Gasteiger charge is -2.06. The Hall–Kier alpha value is -2.15. The summed E-state index contributed by atoms with van der Waals surface area (Å²) in [6.45, 7) is 1.77. The predicted octanol–water partition coefficient (Wildman–Crippen LogP) is 2.30. The van der Waals surface area contributed by atoms with Gasteiger partial charge in [0.1, 0.15) is 0 Å². The van der Waals surface area contributed by atoms with E-state index in [1.54, 1.807) is 19.1 Å². The standard InChI is InChI=1S/C13H13N3O3S/c1-8-11(12(17)15-13(14-8)20-2)7-9-4-3-5-10(6-9)16(18)19/h3-6H,7H2,1-2H3,(H,14,15,17). The SMILES string of the molecule is CSc1nc(C)c(Cc2cccc([N+](=O)[O-])c2)c(=O)[nH]1. The normalized spacial score (nSPS) is 10.5. The van der Waals surface area contributed by atoms with Gasteiger partial charge < -0.3 is 4.98 Å². The van der Waals surface area contributed by atoms with Crippen molar-refractivity contribution in [3.8, 4) is 0 Å². The van der Waals surface area contributed by atoms with E-state index in [9.17, 15) is 14.9 Å². The molecule has 0 bridgehead atoms. The average molecular weight is 291 g/mol. The van der Waals surface area contributed by atoms with Gasteiger partial charge in [-0.25, -0.2) is 4.98 Å². The zero-order chi connectivity index (χ0) is 14.7. The predicted molar refractivity (Wildman–Crippen MR) is 77.3 cm³/mol. The summed E-state index contributed by atoms with van der Waals surface area (Å²) in [5, 5.41) is 11.3. The first-order valence-corrected chi connectivity index (χ1v) is 7.11. The number of aromatic amines is 1. The molecule has 6 nitrogen and oxygen atoms in total. The fourth-order valence-electron chi connectivity index (χ4n) is 1.87. The van der Waals surface area contributed by atoms with Crippen LogP contribution in [0.3, 0.4) is 0 Å². The van der Waals surface area contributed by atoms with E-state index >= 15 is 0 Å². The summed E-state index contributed by atoms with van der Waals surface area (Å²) in [4.78, 5) is 29.3. The molecule has 0 spiro atoms. The van der Waals surface area contributed by atoms with Crippen LogP contribution in [0.5, 0.6) is 0 Å². The van der Waals surface area contributed by atoms with Crippen LogP contribution in [0.1, 0.15) is 16.8 Å². The molecule has 0 radical (unpaired) electrons. The number of benzene rings is 1. The summed E-state index contributed by atoms with van der Waals surface area (Å²) in [5.41, 5.74) is 1.71. The Morgan fingerprint density at radius 2 is 2.20 bits per heavy atom. The topological polar surface area (TPSA) is 88.9 Å². The maximum atomic E-state index is 12.0. The number of rotatable bonds is 4. The van der Waals surface area contributed by atoms with E-state index in [-0.39, 0.29) is 11.2 Å². The molecule has 2 rings (SSSR count). The molecule has 0 amide bonds. The van der Waals surface area contributed by atoms with Crippen LogP contribution in [0.15, 0.2) is 34.2 Å². The van der Waals surface area contributed by atoms with Crippen LogP contribution in [0.2, 0.25) is 0 Å². The van der Waals surface area contributed by atoms with Crippen LogP contribution in [0.4, 0.5) is 5.69 Å². The molecule has 0 atom stereocenters. The molecule has 0 aliphatic rings. The highest BCUT2D eigenvalue weighted by molar-refractivity contribution is 7.98. The van der Waals surface area contributed by atoms with E-state index in [2.05, 4.69) is 9.97 Å². The van der Waals surface area contributed by atoms with Crippen molar-refractivity contribution in [3.05, 3.63) is 61.6 Å². The molecule has 0 unspecified atom stereocenters. The van der Waals surface area contributed by atoms with Gasteiger partial charge in [0.25, 0.3) is 11.2 Å². The van der Waals surface area contributed by atoms with Gasteiger partial charge in [-0.05, 0) is 18.7 Å². The summed E-state index contributed by atoms with van der Waals surface area (Å²) >= 11 is 1.36. The number of nitrogens with one attached hydrogen (secondary N) is 1. The van der Waals surface area contributed by atoms with E-state index in [1.165, 1.54) is 23.9 Å². The van der Waals surface area contributed by atoms with E-state index in [4.69, 9.17) is 0 Å². The maximum Gasteiger partial charge on any atom is 0.269 e. The molecule has 7 heteroatoms. The van der Waals surface area contributed by atoms with Gasteiger partial charge in [0, 0.05) is 29.8 Å². The second kappa shape index (κ2) is 5.87. The first-order chi connectivity index (χ1) is 9.51. The van der Waals surface area contributed by atoms with E-state index in [0.717, 1.165) is 0 Å². The Labute approximate surface area is 119 Å². The number of nitrogens with zero attached hydrogens (tertiary/aromatic N) is 2. The third-order valence-electron chi connectivity index (χ3n) is 2.90. The van der Waals surface area contributed by atoms with Gasteiger partial charge in [-0.3, -0.25) is 14.9 Å². The van der Waals surface area contributed by atoms with Crippen molar-refractivity contribution < 1.29 is 4.92 Å². The molecule has 0 fully saturated rings. The van der Waals surface area contributed by atoms with Crippen molar-refractivity contribution in [1.29, 1.82) is 0 Å². The number of nitro benzene ring substituents is 1. The summed E-state index contributed by atoms with van der Waals surface area (Å²) in [7, 11) is 0. The largest absolute Gasteiger partial charge is 0.301 e. The quantitative estimate of drug-likeness (QED) is 0.404. The third kappa shape index (κ3) is 3.05. The Balaban J connectivity index is 2.38. The molecular formula is C13H13N3O3S. The van der Waals surface area contributed by atoms with E-state index in [1.807, 2.05) is 6.26 Å². The minimum atomic E-state index is -0.449. The Kier molecular flexibility index (Phi) is 4.19.